The van der Waals surface area contributed by atoms with E-state index in [0.717, 1.165) is 6.54 Å². The van der Waals surface area contributed by atoms with Crippen LogP contribution in [0.25, 0.3) is 0 Å². The molecule has 0 aliphatic carbocycles. The quantitative estimate of drug-likeness (QED) is 0.686. The van der Waals surface area contributed by atoms with Crippen LogP contribution in [0.5, 0.6) is 0 Å². The molecule has 3 N–H and O–H groups in total. The SMILES string of the molecule is CCNc1ncc(Cl)c(NCCNC(=O)N(C)C)n1. The van der Waals surface area contributed by atoms with Crippen molar-refractivity contribution >= 4 is 29.4 Å². The molecule has 19 heavy (non-hydrogen) atoms. The van der Waals surface area contributed by atoms with Gasteiger partial charge in [0.2, 0.25) is 5.95 Å². The number of urea groups is 1. The minimum atomic E-state index is -0.135. The Balaban J connectivity index is 2.44. The number of nitrogens with one attached hydrogen (secondary N) is 3. The summed E-state index contributed by atoms with van der Waals surface area (Å²) in [4.78, 5) is 21.0. The standard InChI is InChI=1S/C11H19ClN6O/c1-4-13-10-16-7-8(12)9(17-10)14-5-6-15-11(19)18(2)3/h7H,4-6H2,1-3H3,(H,15,19)(H2,13,14,16,17). The van der Waals surface area contributed by atoms with Gasteiger partial charge in [0.15, 0.2) is 5.82 Å². The second-order valence-corrected chi connectivity index (χ2v) is 4.38. The largest absolute Gasteiger partial charge is 0.367 e. The lowest BCUT2D eigenvalue weighted by Gasteiger charge is -2.13. The van der Waals surface area contributed by atoms with Gasteiger partial charge in [-0.2, -0.15) is 4.98 Å². The lowest BCUT2D eigenvalue weighted by Crippen LogP contribution is -2.37. The second-order valence-electron chi connectivity index (χ2n) is 3.97. The molecule has 0 aliphatic heterocycles. The van der Waals surface area contributed by atoms with E-state index < -0.39 is 0 Å². The number of nitrogens with zero attached hydrogens (tertiary/aromatic N) is 3. The summed E-state index contributed by atoms with van der Waals surface area (Å²) in [6, 6.07) is -0.135. The minimum Gasteiger partial charge on any atom is -0.367 e. The number of rotatable bonds is 6. The van der Waals surface area contributed by atoms with Crippen molar-refractivity contribution in [2.24, 2.45) is 0 Å². The smallest absolute Gasteiger partial charge is 0.316 e. The zero-order valence-electron chi connectivity index (χ0n) is 11.3. The molecular weight excluding hydrogens is 268 g/mol. The fourth-order valence-corrected chi connectivity index (χ4v) is 1.40. The Kier molecular flexibility index (Phi) is 6.14. The molecule has 106 valence electrons. The third-order valence-corrected chi connectivity index (χ3v) is 2.46. The van der Waals surface area contributed by atoms with Crippen LogP contribution in [0.3, 0.4) is 0 Å². The summed E-state index contributed by atoms with van der Waals surface area (Å²) in [6.45, 7) is 3.71. The summed E-state index contributed by atoms with van der Waals surface area (Å²) < 4.78 is 0. The second kappa shape index (κ2) is 7.63. The van der Waals surface area contributed by atoms with Gasteiger partial charge in [0.1, 0.15) is 5.02 Å². The van der Waals surface area contributed by atoms with Crippen LogP contribution in [0.4, 0.5) is 16.6 Å². The van der Waals surface area contributed by atoms with E-state index in [1.165, 1.54) is 11.1 Å². The van der Waals surface area contributed by atoms with Crippen molar-refractivity contribution in [1.82, 2.24) is 20.2 Å². The highest BCUT2D eigenvalue weighted by Crippen LogP contribution is 2.18. The molecule has 1 rings (SSSR count). The lowest BCUT2D eigenvalue weighted by atomic mass is 10.5. The number of carbonyl (C=O) groups is 1. The van der Waals surface area contributed by atoms with Gasteiger partial charge >= 0.3 is 6.03 Å². The average Bonchev–Trinajstić information content (AvgIpc) is 2.38. The Labute approximate surface area is 117 Å². The van der Waals surface area contributed by atoms with Crippen molar-refractivity contribution in [3.8, 4) is 0 Å². The van der Waals surface area contributed by atoms with Crippen molar-refractivity contribution in [3.05, 3.63) is 11.2 Å². The van der Waals surface area contributed by atoms with Crippen LogP contribution in [-0.4, -0.2) is 54.6 Å². The monoisotopic (exact) mass is 286 g/mol. The van der Waals surface area contributed by atoms with E-state index in [1.807, 2.05) is 6.92 Å². The Morgan fingerprint density at radius 3 is 2.74 bits per heavy atom. The molecule has 0 aliphatic rings. The van der Waals surface area contributed by atoms with Crippen LogP contribution in [0.15, 0.2) is 6.20 Å². The Morgan fingerprint density at radius 1 is 1.37 bits per heavy atom. The van der Waals surface area contributed by atoms with Crippen molar-refractivity contribution in [1.29, 1.82) is 0 Å². The average molecular weight is 287 g/mol. The van der Waals surface area contributed by atoms with E-state index in [-0.39, 0.29) is 6.03 Å². The number of carbonyl (C=O) groups excluding carboxylic acids is 1. The number of hydrogen-bond acceptors (Lipinski definition) is 5. The number of halogens is 1. The van der Waals surface area contributed by atoms with Gasteiger partial charge < -0.3 is 20.9 Å². The molecule has 0 aromatic carbocycles. The highest BCUT2D eigenvalue weighted by atomic mass is 35.5. The molecule has 1 heterocycles. The van der Waals surface area contributed by atoms with Crippen LogP contribution < -0.4 is 16.0 Å². The van der Waals surface area contributed by atoms with Crippen LogP contribution in [0.1, 0.15) is 6.92 Å². The van der Waals surface area contributed by atoms with Gasteiger partial charge in [-0.25, -0.2) is 9.78 Å². The summed E-state index contributed by atoms with van der Waals surface area (Å²) in [5.41, 5.74) is 0. The maximum absolute atomic E-state index is 11.3. The molecule has 1 aromatic rings. The molecule has 0 radical (unpaired) electrons. The summed E-state index contributed by atoms with van der Waals surface area (Å²) in [7, 11) is 3.37. The van der Waals surface area contributed by atoms with E-state index in [0.29, 0.717) is 29.9 Å². The molecule has 0 saturated carbocycles. The molecule has 0 bridgehead atoms. The van der Waals surface area contributed by atoms with Crippen molar-refractivity contribution < 1.29 is 4.79 Å². The molecular formula is C11H19ClN6O. The van der Waals surface area contributed by atoms with Gasteiger partial charge in [-0.15, -0.1) is 0 Å². The molecule has 7 nitrogen and oxygen atoms in total. The first kappa shape index (κ1) is 15.3. The Morgan fingerprint density at radius 2 is 2.11 bits per heavy atom. The fourth-order valence-electron chi connectivity index (χ4n) is 1.24. The van der Waals surface area contributed by atoms with E-state index in [1.54, 1.807) is 14.1 Å². The zero-order valence-corrected chi connectivity index (χ0v) is 12.1. The first-order valence-electron chi connectivity index (χ1n) is 6.00. The minimum absolute atomic E-state index is 0.135. The molecule has 1 aromatic heterocycles. The van der Waals surface area contributed by atoms with Crippen LogP contribution >= 0.6 is 11.6 Å². The van der Waals surface area contributed by atoms with Gasteiger partial charge in [0.05, 0.1) is 6.20 Å². The third-order valence-electron chi connectivity index (χ3n) is 2.18. The molecule has 0 fully saturated rings. The maximum Gasteiger partial charge on any atom is 0.316 e. The van der Waals surface area contributed by atoms with Gasteiger partial charge in [-0.05, 0) is 6.92 Å². The summed E-state index contributed by atoms with van der Waals surface area (Å²) in [5.74, 6) is 1.07. The number of hydrogen-bond donors (Lipinski definition) is 3. The van der Waals surface area contributed by atoms with Gasteiger partial charge in [-0.1, -0.05) is 11.6 Å². The molecule has 0 spiro atoms. The van der Waals surface area contributed by atoms with Crippen molar-refractivity contribution in [2.45, 2.75) is 6.92 Å². The van der Waals surface area contributed by atoms with Crippen LogP contribution in [0, 0.1) is 0 Å². The molecule has 0 unspecified atom stereocenters. The predicted molar refractivity (Wildman–Crippen MR) is 76.8 cm³/mol. The maximum atomic E-state index is 11.3. The summed E-state index contributed by atoms with van der Waals surface area (Å²) in [6.07, 6.45) is 1.54. The van der Waals surface area contributed by atoms with E-state index >= 15 is 0 Å². The highest BCUT2D eigenvalue weighted by molar-refractivity contribution is 6.32. The number of aromatic nitrogens is 2. The zero-order chi connectivity index (χ0) is 14.3. The first-order valence-corrected chi connectivity index (χ1v) is 6.37. The van der Waals surface area contributed by atoms with Crippen LogP contribution in [0.2, 0.25) is 5.02 Å². The van der Waals surface area contributed by atoms with E-state index in [2.05, 4.69) is 25.9 Å². The number of amides is 2. The normalized spacial score (nSPS) is 9.89. The predicted octanol–water partition coefficient (Wildman–Crippen LogP) is 1.24. The first-order chi connectivity index (χ1) is 9.04. The van der Waals surface area contributed by atoms with E-state index in [9.17, 15) is 4.79 Å². The Bertz CT molecular complexity index is 426. The third kappa shape index (κ3) is 5.17. The van der Waals surface area contributed by atoms with Crippen molar-refractivity contribution in [3.63, 3.8) is 0 Å². The van der Waals surface area contributed by atoms with Gasteiger partial charge in [0, 0.05) is 33.7 Å². The summed E-state index contributed by atoms with van der Waals surface area (Å²) in [5, 5.41) is 9.23. The highest BCUT2D eigenvalue weighted by Gasteiger charge is 2.05. The molecule has 2 amide bonds. The van der Waals surface area contributed by atoms with Gasteiger partial charge in [0.25, 0.3) is 0 Å². The molecule has 0 atom stereocenters. The molecule has 8 heteroatoms. The van der Waals surface area contributed by atoms with Gasteiger partial charge in [-0.3, -0.25) is 0 Å². The fraction of sp³-hybridized carbons (Fsp3) is 0.545. The lowest BCUT2D eigenvalue weighted by molar-refractivity contribution is 0.218. The van der Waals surface area contributed by atoms with Crippen LogP contribution in [-0.2, 0) is 0 Å². The molecule has 0 saturated heterocycles. The van der Waals surface area contributed by atoms with E-state index in [4.69, 9.17) is 11.6 Å². The number of anilines is 2. The Hall–Kier alpha value is -1.76. The van der Waals surface area contributed by atoms with Crippen molar-refractivity contribution in [2.75, 3.05) is 44.4 Å². The topological polar surface area (TPSA) is 82.2 Å². The summed E-state index contributed by atoms with van der Waals surface area (Å²) >= 11 is 5.98.